The van der Waals surface area contributed by atoms with E-state index in [2.05, 4.69) is 56.9 Å². The van der Waals surface area contributed by atoms with Crippen molar-refractivity contribution in [2.24, 2.45) is 0 Å². The topological polar surface area (TPSA) is 43.2 Å². The zero-order chi connectivity index (χ0) is 19.9. The summed E-state index contributed by atoms with van der Waals surface area (Å²) in [4.78, 5) is 2.53. The Morgan fingerprint density at radius 2 is 1.83 bits per heavy atom. The predicted molar refractivity (Wildman–Crippen MR) is 117 cm³/mol. The van der Waals surface area contributed by atoms with Crippen molar-refractivity contribution in [3.05, 3.63) is 71.5 Å². The highest BCUT2D eigenvalue weighted by Gasteiger charge is 2.16. The Balaban J connectivity index is 1.46. The highest BCUT2D eigenvalue weighted by atomic mass is 32.2. The van der Waals surface area contributed by atoms with E-state index in [4.69, 9.17) is 4.74 Å². The molecule has 29 heavy (non-hydrogen) atoms. The quantitative estimate of drug-likeness (QED) is 0.491. The minimum atomic E-state index is 0.413. The molecule has 2 aromatic carbocycles. The Kier molecular flexibility index (Phi) is 6.85. The summed E-state index contributed by atoms with van der Waals surface area (Å²) < 4.78 is 8.20. The molecule has 0 atom stereocenters. The Bertz CT molecular complexity index is 906. The number of hydrogen-bond acceptors (Lipinski definition) is 5. The van der Waals surface area contributed by atoms with E-state index in [-0.39, 0.29) is 0 Å². The normalized spacial score (nSPS) is 14.4. The molecule has 1 aromatic heterocycles. The third kappa shape index (κ3) is 5.61. The number of thioether (sulfide) groups is 1. The van der Waals surface area contributed by atoms with Crippen LogP contribution in [0.4, 0.5) is 0 Å². The van der Waals surface area contributed by atoms with Gasteiger partial charge in [-0.1, -0.05) is 54.2 Å². The number of aromatic nitrogens is 3. The molecule has 0 aliphatic carbocycles. The van der Waals surface area contributed by atoms with Crippen LogP contribution in [0.5, 0.6) is 5.75 Å². The fourth-order valence-corrected chi connectivity index (χ4v) is 4.54. The Hall–Kier alpha value is -2.31. The number of aryl methyl sites for hydroxylation is 1. The molecule has 0 N–H and O–H groups in total. The summed E-state index contributed by atoms with van der Waals surface area (Å²) in [5, 5.41) is 9.91. The number of rotatable bonds is 9. The fraction of sp³-hybridized carbons (Fsp3) is 0.391. The first-order chi connectivity index (χ1) is 14.3. The van der Waals surface area contributed by atoms with Crippen LogP contribution >= 0.6 is 11.8 Å². The lowest BCUT2D eigenvalue weighted by atomic mass is 10.2. The van der Waals surface area contributed by atoms with Gasteiger partial charge in [-0.3, -0.25) is 4.57 Å². The SMILES string of the molecule is Cc1cccc(OCc2nnc(SCCN3CCCC3)n2Cc2ccccc2)c1. The summed E-state index contributed by atoms with van der Waals surface area (Å²) in [5.74, 6) is 2.76. The second-order valence-electron chi connectivity index (χ2n) is 7.47. The molecule has 0 radical (unpaired) electrons. The van der Waals surface area contributed by atoms with Gasteiger partial charge in [0.15, 0.2) is 11.0 Å². The average molecular weight is 409 g/mol. The van der Waals surface area contributed by atoms with Crippen molar-refractivity contribution in [3.63, 3.8) is 0 Å². The first-order valence-corrected chi connectivity index (χ1v) is 11.3. The van der Waals surface area contributed by atoms with E-state index in [1.54, 1.807) is 11.8 Å². The van der Waals surface area contributed by atoms with Gasteiger partial charge in [0, 0.05) is 12.3 Å². The van der Waals surface area contributed by atoms with Gasteiger partial charge in [-0.25, -0.2) is 0 Å². The second kappa shape index (κ2) is 9.94. The molecule has 4 rings (SSSR count). The molecule has 0 bridgehead atoms. The summed E-state index contributed by atoms with van der Waals surface area (Å²) in [7, 11) is 0. The fourth-order valence-electron chi connectivity index (χ4n) is 3.58. The molecule has 0 spiro atoms. The maximum Gasteiger partial charge on any atom is 0.191 e. The minimum absolute atomic E-state index is 0.413. The van der Waals surface area contributed by atoms with Crippen LogP contribution in [0.15, 0.2) is 59.8 Å². The number of hydrogen-bond donors (Lipinski definition) is 0. The summed E-state index contributed by atoms with van der Waals surface area (Å²) >= 11 is 1.79. The Morgan fingerprint density at radius 3 is 2.62 bits per heavy atom. The van der Waals surface area contributed by atoms with E-state index in [9.17, 15) is 0 Å². The molecule has 5 nitrogen and oxygen atoms in total. The monoisotopic (exact) mass is 408 g/mol. The lowest BCUT2D eigenvalue weighted by molar-refractivity contribution is 0.288. The molecule has 1 saturated heterocycles. The van der Waals surface area contributed by atoms with Crippen molar-refractivity contribution in [2.45, 2.75) is 38.1 Å². The van der Waals surface area contributed by atoms with Crippen molar-refractivity contribution < 1.29 is 4.74 Å². The first kappa shape index (κ1) is 20.0. The van der Waals surface area contributed by atoms with Gasteiger partial charge in [0.25, 0.3) is 0 Å². The van der Waals surface area contributed by atoms with Gasteiger partial charge in [-0.15, -0.1) is 10.2 Å². The molecule has 0 unspecified atom stereocenters. The zero-order valence-electron chi connectivity index (χ0n) is 17.0. The van der Waals surface area contributed by atoms with Crippen LogP contribution in [0.2, 0.25) is 0 Å². The Labute approximate surface area is 177 Å². The van der Waals surface area contributed by atoms with Crippen LogP contribution in [0.25, 0.3) is 0 Å². The van der Waals surface area contributed by atoms with Crippen molar-refractivity contribution >= 4 is 11.8 Å². The number of benzene rings is 2. The number of ether oxygens (including phenoxy) is 1. The van der Waals surface area contributed by atoms with E-state index in [1.165, 1.54) is 37.1 Å². The van der Waals surface area contributed by atoms with Crippen molar-refractivity contribution in [1.29, 1.82) is 0 Å². The molecule has 2 heterocycles. The molecule has 1 aliphatic heterocycles. The maximum atomic E-state index is 6.01. The van der Waals surface area contributed by atoms with Crippen LogP contribution in [0, 0.1) is 6.92 Å². The average Bonchev–Trinajstić information content (AvgIpc) is 3.38. The molecule has 1 aliphatic rings. The molecule has 0 saturated carbocycles. The third-order valence-corrected chi connectivity index (χ3v) is 6.12. The summed E-state index contributed by atoms with van der Waals surface area (Å²) in [6.45, 7) is 6.81. The lowest BCUT2D eigenvalue weighted by Crippen LogP contribution is -2.22. The van der Waals surface area contributed by atoms with Crippen LogP contribution in [0.3, 0.4) is 0 Å². The zero-order valence-corrected chi connectivity index (χ0v) is 17.8. The van der Waals surface area contributed by atoms with E-state index >= 15 is 0 Å². The first-order valence-electron chi connectivity index (χ1n) is 10.3. The molecule has 0 amide bonds. The van der Waals surface area contributed by atoms with Crippen molar-refractivity contribution in [3.8, 4) is 5.75 Å². The highest BCUT2D eigenvalue weighted by Crippen LogP contribution is 2.21. The largest absolute Gasteiger partial charge is 0.486 e. The molecule has 6 heteroatoms. The van der Waals surface area contributed by atoms with Crippen LogP contribution in [-0.2, 0) is 13.2 Å². The smallest absolute Gasteiger partial charge is 0.191 e. The van der Waals surface area contributed by atoms with Crippen LogP contribution < -0.4 is 4.74 Å². The molecular weight excluding hydrogens is 380 g/mol. The molecule has 152 valence electrons. The van der Waals surface area contributed by atoms with Crippen LogP contribution in [-0.4, -0.2) is 45.1 Å². The van der Waals surface area contributed by atoms with E-state index in [0.29, 0.717) is 6.61 Å². The van der Waals surface area contributed by atoms with Gasteiger partial charge in [-0.2, -0.15) is 0 Å². The third-order valence-electron chi connectivity index (χ3n) is 5.17. The molecule has 3 aromatic rings. The lowest BCUT2D eigenvalue weighted by Gasteiger charge is -2.14. The summed E-state index contributed by atoms with van der Waals surface area (Å²) in [6, 6.07) is 18.6. The van der Waals surface area contributed by atoms with Gasteiger partial charge >= 0.3 is 0 Å². The van der Waals surface area contributed by atoms with Gasteiger partial charge in [0.05, 0.1) is 6.54 Å². The summed E-state index contributed by atoms with van der Waals surface area (Å²) in [6.07, 6.45) is 2.66. The van der Waals surface area contributed by atoms with E-state index in [1.807, 2.05) is 24.3 Å². The van der Waals surface area contributed by atoms with E-state index in [0.717, 1.165) is 35.6 Å². The van der Waals surface area contributed by atoms with Crippen molar-refractivity contribution in [1.82, 2.24) is 19.7 Å². The standard InChI is InChI=1S/C23H28N4OS/c1-19-8-7-11-21(16-19)28-18-22-24-25-23(29-15-14-26-12-5-6-13-26)27(22)17-20-9-3-2-4-10-20/h2-4,7-11,16H,5-6,12-15,17-18H2,1H3. The van der Waals surface area contributed by atoms with Crippen molar-refractivity contribution in [2.75, 3.05) is 25.4 Å². The predicted octanol–water partition coefficient (Wildman–Crippen LogP) is 4.40. The van der Waals surface area contributed by atoms with Gasteiger partial charge in [0.1, 0.15) is 12.4 Å². The van der Waals surface area contributed by atoms with Gasteiger partial charge < -0.3 is 9.64 Å². The van der Waals surface area contributed by atoms with Gasteiger partial charge in [0.2, 0.25) is 0 Å². The highest BCUT2D eigenvalue weighted by molar-refractivity contribution is 7.99. The summed E-state index contributed by atoms with van der Waals surface area (Å²) in [5.41, 5.74) is 2.43. The van der Waals surface area contributed by atoms with Crippen LogP contribution in [0.1, 0.15) is 29.8 Å². The van der Waals surface area contributed by atoms with Gasteiger partial charge in [-0.05, 0) is 56.1 Å². The molecule has 1 fully saturated rings. The second-order valence-corrected chi connectivity index (χ2v) is 8.54. The van der Waals surface area contributed by atoms with E-state index < -0.39 is 0 Å². The minimum Gasteiger partial charge on any atom is -0.486 e. The molecular formula is C23H28N4OS. The Morgan fingerprint density at radius 1 is 1.00 bits per heavy atom. The number of nitrogens with zero attached hydrogens (tertiary/aromatic N) is 4. The number of likely N-dealkylation sites (tertiary alicyclic amines) is 1. The maximum absolute atomic E-state index is 6.01.